The molecule has 33 heavy (non-hydrogen) atoms. The first-order valence-electron chi connectivity index (χ1n) is 10.7. The van der Waals surface area contributed by atoms with Crippen LogP contribution in [0.3, 0.4) is 0 Å². The van der Waals surface area contributed by atoms with Crippen LogP contribution >= 0.6 is 35.0 Å². The average molecular weight is 506 g/mol. The van der Waals surface area contributed by atoms with Crippen LogP contribution in [0.15, 0.2) is 47.6 Å². The molecule has 1 fully saturated rings. The standard InChI is InChI=1S/C23H25Cl2N5O2S/c1-16-2-4-17(5-3-16)22-27-28-23(30(22)18-6-7-19(24)20(25)14-18)33-15-21(31)26-8-9-29-10-12-32-13-11-29/h2-7,14H,8-13,15H2,1H3,(H,26,31). The molecule has 1 N–H and O–H groups in total. The average Bonchev–Trinajstić information content (AvgIpc) is 3.24. The number of nitrogens with zero attached hydrogens (tertiary/aromatic N) is 4. The van der Waals surface area contributed by atoms with Crippen molar-refractivity contribution in [3.05, 3.63) is 58.1 Å². The number of carbonyl (C=O) groups is 1. The highest BCUT2D eigenvalue weighted by atomic mass is 35.5. The van der Waals surface area contributed by atoms with E-state index in [1.54, 1.807) is 12.1 Å². The van der Waals surface area contributed by atoms with Gasteiger partial charge in [-0.05, 0) is 25.1 Å². The maximum atomic E-state index is 12.4. The van der Waals surface area contributed by atoms with Crippen LogP contribution in [0.2, 0.25) is 10.0 Å². The summed E-state index contributed by atoms with van der Waals surface area (Å²) >= 11 is 13.7. The summed E-state index contributed by atoms with van der Waals surface area (Å²) in [6.07, 6.45) is 0. The lowest BCUT2D eigenvalue weighted by molar-refractivity contribution is -0.118. The Balaban J connectivity index is 1.48. The molecule has 1 saturated heterocycles. The Bertz CT molecular complexity index is 1100. The van der Waals surface area contributed by atoms with Crippen molar-refractivity contribution < 1.29 is 9.53 Å². The Morgan fingerprint density at radius 1 is 1.09 bits per heavy atom. The largest absolute Gasteiger partial charge is 0.379 e. The summed E-state index contributed by atoms with van der Waals surface area (Å²) in [7, 11) is 0. The number of aromatic nitrogens is 3. The summed E-state index contributed by atoms with van der Waals surface area (Å²) in [5, 5.41) is 13.3. The zero-order chi connectivity index (χ0) is 23.2. The molecule has 2 heterocycles. The molecule has 4 rings (SSSR count). The number of rotatable bonds is 8. The lowest BCUT2D eigenvalue weighted by atomic mass is 10.1. The number of nitrogens with one attached hydrogen (secondary N) is 1. The van der Waals surface area contributed by atoms with Crippen molar-refractivity contribution in [3.8, 4) is 17.1 Å². The number of aryl methyl sites for hydroxylation is 1. The molecular formula is C23H25Cl2N5O2S. The minimum absolute atomic E-state index is 0.0474. The molecule has 0 saturated carbocycles. The fraction of sp³-hybridized carbons (Fsp3) is 0.348. The van der Waals surface area contributed by atoms with E-state index in [0.717, 1.165) is 49.7 Å². The third-order valence-electron chi connectivity index (χ3n) is 5.29. The highest BCUT2D eigenvalue weighted by molar-refractivity contribution is 7.99. The minimum atomic E-state index is -0.0474. The molecule has 0 radical (unpaired) electrons. The Kier molecular flexibility index (Phi) is 8.27. The predicted molar refractivity (Wildman–Crippen MR) is 133 cm³/mol. The number of benzene rings is 2. The summed E-state index contributed by atoms with van der Waals surface area (Å²) in [6.45, 7) is 6.75. The number of amides is 1. The van der Waals surface area contributed by atoms with Gasteiger partial charge in [-0.3, -0.25) is 14.3 Å². The van der Waals surface area contributed by atoms with Crippen molar-refractivity contribution in [3.63, 3.8) is 0 Å². The van der Waals surface area contributed by atoms with Crippen molar-refractivity contribution in [2.75, 3.05) is 45.1 Å². The zero-order valence-electron chi connectivity index (χ0n) is 18.3. The maximum absolute atomic E-state index is 12.4. The number of hydrogen-bond acceptors (Lipinski definition) is 6. The molecule has 2 aromatic carbocycles. The third-order valence-corrected chi connectivity index (χ3v) is 6.96. The monoisotopic (exact) mass is 505 g/mol. The number of thioether (sulfide) groups is 1. The van der Waals surface area contributed by atoms with Gasteiger partial charge in [0.1, 0.15) is 0 Å². The van der Waals surface area contributed by atoms with Gasteiger partial charge >= 0.3 is 0 Å². The molecule has 0 aliphatic carbocycles. The van der Waals surface area contributed by atoms with Gasteiger partial charge in [0, 0.05) is 31.7 Å². The van der Waals surface area contributed by atoms with Gasteiger partial charge in [-0.15, -0.1) is 10.2 Å². The summed E-state index contributed by atoms with van der Waals surface area (Å²) in [4.78, 5) is 14.7. The second kappa shape index (κ2) is 11.4. The first-order valence-corrected chi connectivity index (χ1v) is 12.4. The second-order valence-electron chi connectivity index (χ2n) is 7.70. The van der Waals surface area contributed by atoms with Gasteiger partial charge in [-0.2, -0.15) is 0 Å². The van der Waals surface area contributed by atoms with E-state index in [0.29, 0.717) is 27.6 Å². The van der Waals surface area contributed by atoms with Crippen molar-refractivity contribution in [1.29, 1.82) is 0 Å². The van der Waals surface area contributed by atoms with Gasteiger partial charge in [-0.25, -0.2) is 0 Å². The Hall–Kier alpha value is -2.10. The molecule has 0 atom stereocenters. The molecule has 1 aliphatic heterocycles. The topological polar surface area (TPSA) is 72.3 Å². The molecular weight excluding hydrogens is 481 g/mol. The van der Waals surface area contributed by atoms with E-state index < -0.39 is 0 Å². The number of morpholine rings is 1. The predicted octanol–water partition coefficient (Wildman–Crippen LogP) is 4.09. The van der Waals surface area contributed by atoms with Crippen LogP contribution in [0, 0.1) is 6.92 Å². The highest BCUT2D eigenvalue weighted by Crippen LogP contribution is 2.31. The number of halogens is 2. The molecule has 1 aromatic heterocycles. The lowest BCUT2D eigenvalue weighted by Gasteiger charge is -2.26. The zero-order valence-corrected chi connectivity index (χ0v) is 20.6. The van der Waals surface area contributed by atoms with Crippen LogP contribution in [0.4, 0.5) is 0 Å². The van der Waals surface area contributed by atoms with Crippen molar-refractivity contribution in [1.82, 2.24) is 25.0 Å². The van der Waals surface area contributed by atoms with Crippen LogP contribution < -0.4 is 5.32 Å². The quantitative estimate of drug-likeness (QED) is 0.464. The molecule has 174 valence electrons. The maximum Gasteiger partial charge on any atom is 0.230 e. The number of ether oxygens (including phenoxy) is 1. The van der Waals surface area contributed by atoms with E-state index in [2.05, 4.69) is 20.4 Å². The molecule has 0 spiro atoms. The van der Waals surface area contributed by atoms with Gasteiger partial charge in [0.25, 0.3) is 0 Å². The first-order chi connectivity index (χ1) is 16.0. The minimum Gasteiger partial charge on any atom is -0.379 e. The summed E-state index contributed by atoms with van der Waals surface area (Å²) in [5.41, 5.74) is 2.85. The van der Waals surface area contributed by atoms with Gasteiger partial charge in [-0.1, -0.05) is 64.8 Å². The van der Waals surface area contributed by atoms with Crippen LogP contribution in [-0.4, -0.2) is 70.7 Å². The van der Waals surface area contributed by atoms with Crippen molar-refractivity contribution in [2.24, 2.45) is 0 Å². The number of carbonyl (C=O) groups excluding carboxylic acids is 1. The van der Waals surface area contributed by atoms with Gasteiger partial charge < -0.3 is 10.1 Å². The fourth-order valence-corrected chi connectivity index (χ4v) is 4.54. The van der Waals surface area contributed by atoms with Crippen molar-refractivity contribution in [2.45, 2.75) is 12.1 Å². The van der Waals surface area contributed by atoms with Crippen LogP contribution in [0.1, 0.15) is 5.56 Å². The first kappa shape index (κ1) is 24.0. The van der Waals surface area contributed by atoms with E-state index in [-0.39, 0.29) is 11.7 Å². The highest BCUT2D eigenvalue weighted by Gasteiger charge is 2.18. The Morgan fingerprint density at radius 2 is 1.85 bits per heavy atom. The third kappa shape index (κ3) is 6.28. The summed E-state index contributed by atoms with van der Waals surface area (Å²) in [5.74, 6) is 0.855. The molecule has 1 aliphatic rings. The van der Waals surface area contributed by atoms with Crippen LogP contribution in [0.25, 0.3) is 17.1 Å². The molecule has 1 amide bonds. The SMILES string of the molecule is Cc1ccc(-c2nnc(SCC(=O)NCCN3CCOCC3)n2-c2ccc(Cl)c(Cl)c2)cc1. The van der Waals surface area contributed by atoms with Crippen molar-refractivity contribution >= 4 is 40.9 Å². The molecule has 7 nitrogen and oxygen atoms in total. The van der Waals surface area contributed by atoms with E-state index >= 15 is 0 Å². The Morgan fingerprint density at radius 3 is 2.58 bits per heavy atom. The molecule has 10 heteroatoms. The van der Waals surface area contributed by atoms with E-state index in [9.17, 15) is 4.79 Å². The van der Waals surface area contributed by atoms with Crippen LogP contribution in [0.5, 0.6) is 0 Å². The fourth-order valence-electron chi connectivity index (χ4n) is 3.47. The molecule has 0 bridgehead atoms. The van der Waals surface area contributed by atoms with E-state index in [4.69, 9.17) is 27.9 Å². The molecule has 3 aromatic rings. The van der Waals surface area contributed by atoms with Gasteiger partial charge in [0.05, 0.1) is 34.7 Å². The second-order valence-corrected chi connectivity index (χ2v) is 9.46. The van der Waals surface area contributed by atoms with E-state index in [1.165, 1.54) is 11.8 Å². The summed E-state index contributed by atoms with van der Waals surface area (Å²) < 4.78 is 7.25. The van der Waals surface area contributed by atoms with Gasteiger partial charge in [0.2, 0.25) is 5.91 Å². The van der Waals surface area contributed by atoms with E-state index in [1.807, 2.05) is 41.8 Å². The number of hydrogen-bond donors (Lipinski definition) is 1. The summed E-state index contributed by atoms with van der Waals surface area (Å²) in [6, 6.07) is 13.4. The smallest absolute Gasteiger partial charge is 0.230 e. The van der Waals surface area contributed by atoms with Gasteiger partial charge in [0.15, 0.2) is 11.0 Å². The Labute approximate surface area is 207 Å². The molecule has 0 unspecified atom stereocenters. The normalized spacial score (nSPS) is 14.4. The van der Waals surface area contributed by atoms with Crippen LogP contribution in [-0.2, 0) is 9.53 Å². The lowest BCUT2D eigenvalue weighted by Crippen LogP contribution is -2.41.